The smallest absolute Gasteiger partial charge is 0.315 e. The van der Waals surface area contributed by atoms with Gasteiger partial charge in [-0.25, -0.2) is 4.79 Å². The third-order valence-corrected chi connectivity index (χ3v) is 5.06. The van der Waals surface area contributed by atoms with E-state index in [4.69, 9.17) is 18.9 Å². The Morgan fingerprint density at radius 2 is 2.12 bits per heavy atom. The van der Waals surface area contributed by atoms with Crippen molar-refractivity contribution in [2.75, 3.05) is 26.4 Å². The van der Waals surface area contributed by atoms with E-state index in [0.29, 0.717) is 19.8 Å². The molecule has 0 radical (unpaired) electrons. The van der Waals surface area contributed by atoms with Crippen LogP contribution in [0.5, 0.6) is 5.75 Å². The van der Waals surface area contributed by atoms with Gasteiger partial charge < -0.3 is 29.6 Å². The number of aryl methyl sites for hydroxylation is 1. The topological polar surface area (TPSA) is 90.9 Å². The number of nitrogens with zero attached hydrogens (tertiary/aromatic N) is 1. The number of fused-ring (bicyclic) bond motifs is 1. The highest BCUT2D eigenvalue weighted by molar-refractivity contribution is 5.74. The number of pyridine rings is 1. The zero-order chi connectivity index (χ0) is 17.9. The van der Waals surface area contributed by atoms with Crippen molar-refractivity contribution >= 4 is 6.03 Å². The Labute approximate surface area is 152 Å². The molecule has 2 amide bonds. The fraction of sp³-hybridized carbons (Fsp3) is 0.667. The van der Waals surface area contributed by atoms with E-state index in [1.54, 1.807) is 6.20 Å². The first-order valence-electron chi connectivity index (χ1n) is 9.17. The van der Waals surface area contributed by atoms with Crippen molar-refractivity contribution in [3.63, 3.8) is 0 Å². The molecule has 1 aromatic rings. The minimum atomic E-state index is -0.204. The summed E-state index contributed by atoms with van der Waals surface area (Å²) < 4.78 is 23.2. The zero-order valence-electron chi connectivity index (χ0n) is 14.8. The van der Waals surface area contributed by atoms with Gasteiger partial charge in [-0.1, -0.05) is 0 Å². The van der Waals surface area contributed by atoms with Crippen LogP contribution >= 0.6 is 0 Å². The predicted molar refractivity (Wildman–Crippen MR) is 92.2 cm³/mol. The number of carbonyl (C=O) groups is 1. The molecule has 0 aromatic carbocycles. The van der Waals surface area contributed by atoms with E-state index in [9.17, 15) is 4.79 Å². The standard InChI is InChI=1S/C18H25N3O5/c1-11-14(5-2-6-19-11)26-15-10-25-16-13(9-24-17(15)16)21-18(22)20-12-4-3-7-23-8-12/h2,5-6,12-13,15-17H,3-4,7-10H2,1H3,(H2,20,21,22)/t12?,13-,15-,16+,17+/m0/s1. The summed E-state index contributed by atoms with van der Waals surface area (Å²) in [6.45, 7) is 4.08. The SMILES string of the molecule is Cc1ncccc1O[C@H]1CO[C@H]2[C@@H]1OC[C@@H]2NC(=O)NC1CCCOC1. The van der Waals surface area contributed by atoms with Crippen molar-refractivity contribution in [3.8, 4) is 5.75 Å². The van der Waals surface area contributed by atoms with Gasteiger partial charge in [-0.3, -0.25) is 4.98 Å². The van der Waals surface area contributed by atoms with Gasteiger partial charge in [0, 0.05) is 12.8 Å². The average Bonchev–Trinajstić information content (AvgIpc) is 3.21. The van der Waals surface area contributed by atoms with Crippen LogP contribution in [-0.4, -0.2) is 67.8 Å². The summed E-state index contributed by atoms with van der Waals surface area (Å²) in [6, 6.07) is 3.41. The van der Waals surface area contributed by atoms with E-state index < -0.39 is 0 Å². The molecule has 142 valence electrons. The number of urea groups is 1. The first-order valence-corrected chi connectivity index (χ1v) is 9.17. The normalized spacial score (nSPS) is 33.5. The van der Waals surface area contributed by atoms with Crippen LogP contribution < -0.4 is 15.4 Å². The Bertz CT molecular complexity index is 637. The molecule has 3 aliphatic rings. The molecule has 0 bridgehead atoms. The second-order valence-corrected chi connectivity index (χ2v) is 6.98. The zero-order valence-corrected chi connectivity index (χ0v) is 14.8. The second-order valence-electron chi connectivity index (χ2n) is 6.98. The van der Waals surface area contributed by atoms with Crippen LogP contribution in [0.25, 0.3) is 0 Å². The molecule has 4 rings (SSSR count). The van der Waals surface area contributed by atoms with Gasteiger partial charge in [0.25, 0.3) is 0 Å². The van der Waals surface area contributed by atoms with Crippen LogP contribution in [0.15, 0.2) is 18.3 Å². The number of nitrogens with one attached hydrogen (secondary N) is 2. The highest BCUT2D eigenvalue weighted by Gasteiger charge is 2.49. The molecule has 3 aliphatic heterocycles. The van der Waals surface area contributed by atoms with Crippen LogP contribution in [0.1, 0.15) is 18.5 Å². The van der Waals surface area contributed by atoms with Gasteiger partial charge in [0.15, 0.2) is 6.10 Å². The lowest BCUT2D eigenvalue weighted by molar-refractivity contribution is 0.0299. The van der Waals surface area contributed by atoms with Gasteiger partial charge in [-0.2, -0.15) is 0 Å². The molecular formula is C18H25N3O5. The lowest BCUT2D eigenvalue weighted by atomic mass is 10.1. The maximum atomic E-state index is 12.2. The number of rotatable bonds is 4. The van der Waals surface area contributed by atoms with E-state index in [1.165, 1.54) is 0 Å². The van der Waals surface area contributed by atoms with Gasteiger partial charge >= 0.3 is 6.03 Å². The highest BCUT2D eigenvalue weighted by atomic mass is 16.6. The second kappa shape index (κ2) is 7.77. The number of ether oxygens (including phenoxy) is 4. The Kier molecular flexibility index (Phi) is 5.23. The number of aromatic nitrogens is 1. The Morgan fingerprint density at radius 1 is 1.23 bits per heavy atom. The molecule has 3 fully saturated rings. The quantitative estimate of drug-likeness (QED) is 0.822. The Morgan fingerprint density at radius 3 is 2.92 bits per heavy atom. The predicted octanol–water partition coefficient (Wildman–Crippen LogP) is 0.782. The van der Waals surface area contributed by atoms with Crippen molar-refractivity contribution in [1.29, 1.82) is 0 Å². The third kappa shape index (κ3) is 3.77. The van der Waals surface area contributed by atoms with Gasteiger partial charge in [0.1, 0.15) is 18.0 Å². The van der Waals surface area contributed by atoms with Crippen molar-refractivity contribution in [3.05, 3.63) is 24.0 Å². The van der Waals surface area contributed by atoms with Gasteiger partial charge in [0.2, 0.25) is 0 Å². The molecule has 2 N–H and O–H groups in total. The lowest BCUT2D eigenvalue weighted by Gasteiger charge is -2.25. The minimum absolute atomic E-state index is 0.0657. The van der Waals surface area contributed by atoms with Crippen molar-refractivity contribution in [1.82, 2.24) is 15.6 Å². The number of amides is 2. The van der Waals surface area contributed by atoms with Crippen molar-refractivity contribution < 1.29 is 23.7 Å². The summed E-state index contributed by atoms with van der Waals surface area (Å²) in [6.07, 6.45) is 3.04. The molecule has 4 heterocycles. The number of carbonyl (C=O) groups excluding carboxylic acids is 1. The first-order chi connectivity index (χ1) is 12.7. The molecule has 0 saturated carbocycles. The molecule has 8 nitrogen and oxygen atoms in total. The maximum Gasteiger partial charge on any atom is 0.315 e. The molecule has 0 aliphatic carbocycles. The summed E-state index contributed by atoms with van der Waals surface area (Å²) in [5.74, 6) is 0.733. The van der Waals surface area contributed by atoms with Crippen LogP contribution in [0.2, 0.25) is 0 Å². The van der Waals surface area contributed by atoms with Crippen LogP contribution in [0, 0.1) is 6.92 Å². The van der Waals surface area contributed by atoms with E-state index in [1.807, 2.05) is 19.1 Å². The van der Waals surface area contributed by atoms with Crippen LogP contribution in [0.3, 0.4) is 0 Å². The average molecular weight is 363 g/mol. The largest absolute Gasteiger partial charge is 0.483 e. The highest BCUT2D eigenvalue weighted by Crippen LogP contribution is 2.30. The van der Waals surface area contributed by atoms with Crippen molar-refractivity contribution in [2.24, 2.45) is 0 Å². The molecule has 3 saturated heterocycles. The maximum absolute atomic E-state index is 12.2. The van der Waals surface area contributed by atoms with Crippen LogP contribution in [-0.2, 0) is 14.2 Å². The fourth-order valence-electron chi connectivity index (χ4n) is 3.70. The molecule has 0 spiro atoms. The van der Waals surface area contributed by atoms with Gasteiger partial charge in [-0.05, 0) is 31.9 Å². The summed E-state index contributed by atoms with van der Waals surface area (Å²) >= 11 is 0. The van der Waals surface area contributed by atoms with Crippen LogP contribution in [0.4, 0.5) is 4.79 Å². The van der Waals surface area contributed by atoms with Gasteiger partial charge in [-0.15, -0.1) is 0 Å². The first kappa shape index (κ1) is 17.5. The molecule has 1 unspecified atom stereocenters. The van der Waals surface area contributed by atoms with E-state index in [-0.39, 0.29) is 36.4 Å². The molecule has 1 aromatic heterocycles. The lowest BCUT2D eigenvalue weighted by Crippen LogP contribution is -2.52. The van der Waals surface area contributed by atoms with E-state index >= 15 is 0 Å². The molecule has 8 heteroatoms. The van der Waals surface area contributed by atoms with E-state index in [2.05, 4.69) is 15.6 Å². The fourth-order valence-corrected chi connectivity index (χ4v) is 3.70. The van der Waals surface area contributed by atoms with Gasteiger partial charge in [0.05, 0.1) is 37.6 Å². The number of hydrogen-bond acceptors (Lipinski definition) is 6. The summed E-state index contributed by atoms with van der Waals surface area (Å²) in [4.78, 5) is 16.5. The van der Waals surface area contributed by atoms with Crippen molar-refractivity contribution in [2.45, 2.75) is 50.2 Å². The minimum Gasteiger partial charge on any atom is -0.483 e. The summed E-state index contributed by atoms with van der Waals surface area (Å²) in [5, 5.41) is 5.93. The molecule has 26 heavy (non-hydrogen) atoms. The molecular weight excluding hydrogens is 338 g/mol. The Hall–Kier alpha value is -1.90. The third-order valence-electron chi connectivity index (χ3n) is 5.06. The summed E-state index contributed by atoms with van der Waals surface area (Å²) in [5.41, 5.74) is 0.831. The molecule has 5 atom stereocenters. The number of hydrogen-bond donors (Lipinski definition) is 2. The Balaban J connectivity index is 1.30. The van der Waals surface area contributed by atoms with E-state index in [0.717, 1.165) is 30.9 Å². The monoisotopic (exact) mass is 363 g/mol. The summed E-state index contributed by atoms with van der Waals surface area (Å²) in [7, 11) is 0.